The predicted octanol–water partition coefficient (Wildman–Crippen LogP) is 1.07. The number of nitrogens with one attached hydrogen (secondary N) is 2. The molecule has 2 aromatic rings. The maximum absolute atomic E-state index is 11.5. The lowest BCUT2D eigenvalue weighted by Crippen LogP contribution is -2.29. The molecular formula is C12H13N5O4. The lowest BCUT2D eigenvalue weighted by molar-refractivity contribution is -0.383. The number of carbonyl (C=O) groups is 1. The third kappa shape index (κ3) is 2.76. The topological polar surface area (TPSA) is 123 Å². The van der Waals surface area contributed by atoms with Crippen LogP contribution in [0.4, 0.5) is 11.4 Å². The average Bonchev–Trinajstić information content (AvgIpc) is 3.20. The zero-order chi connectivity index (χ0) is 14.8. The van der Waals surface area contributed by atoms with E-state index in [2.05, 4.69) is 25.6 Å². The van der Waals surface area contributed by atoms with E-state index in [1.165, 1.54) is 6.07 Å². The van der Waals surface area contributed by atoms with Gasteiger partial charge in [-0.3, -0.25) is 14.9 Å². The number of non-ortho nitro benzene ring substituents is 1. The summed E-state index contributed by atoms with van der Waals surface area (Å²) >= 11 is 0. The lowest BCUT2D eigenvalue weighted by Gasteiger charge is -2.07. The van der Waals surface area contributed by atoms with Crippen LogP contribution in [-0.2, 0) is 4.79 Å². The predicted molar refractivity (Wildman–Crippen MR) is 72.7 cm³/mol. The minimum Gasteiger partial charge on any atom is -0.381 e. The molecule has 21 heavy (non-hydrogen) atoms. The summed E-state index contributed by atoms with van der Waals surface area (Å²) in [6.07, 6.45) is 1.93. The minimum atomic E-state index is -0.536. The number of aromatic nitrogens is 2. The molecule has 1 amide bonds. The molecule has 1 fully saturated rings. The highest BCUT2D eigenvalue weighted by molar-refractivity contribution is 5.93. The molecule has 0 atom stereocenters. The molecule has 0 spiro atoms. The standard InChI is InChI=1S/C12H13N5O4/c18-12(7-1-2-7)14-6-5-13-8-3-4-9(17(19)20)11-10(8)15-21-16-11/h3-4,7,13H,1-2,5-6H2,(H,14,18). The van der Waals surface area contributed by atoms with Crippen LogP contribution in [0.15, 0.2) is 16.8 Å². The van der Waals surface area contributed by atoms with Crippen LogP contribution in [0.2, 0.25) is 0 Å². The van der Waals surface area contributed by atoms with Gasteiger partial charge < -0.3 is 10.6 Å². The van der Waals surface area contributed by atoms with Gasteiger partial charge >= 0.3 is 5.69 Å². The molecule has 0 unspecified atom stereocenters. The number of hydrogen-bond donors (Lipinski definition) is 2. The molecule has 1 aromatic carbocycles. The van der Waals surface area contributed by atoms with E-state index in [0.717, 1.165) is 12.8 Å². The Morgan fingerprint density at radius 3 is 2.81 bits per heavy atom. The molecular weight excluding hydrogens is 278 g/mol. The quantitative estimate of drug-likeness (QED) is 0.463. The van der Waals surface area contributed by atoms with Crippen LogP contribution < -0.4 is 10.6 Å². The molecule has 1 aliphatic carbocycles. The molecule has 0 saturated heterocycles. The molecule has 1 saturated carbocycles. The molecule has 1 aliphatic rings. The summed E-state index contributed by atoms with van der Waals surface area (Å²) in [7, 11) is 0. The molecule has 2 N–H and O–H groups in total. The highest BCUT2D eigenvalue weighted by Crippen LogP contribution is 2.29. The van der Waals surface area contributed by atoms with Crippen molar-refractivity contribution in [1.29, 1.82) is 0 Å². The lowest BCUT2D eigenvalue weighted by atomic mass is 10.2. The fourth-order valence-electron chi connectivity index (χ4n) is 2.02. The van der Waals surface area contributed by atoms with E-state index in [4.69, 9.17) is 0 Å². The van der Waals surface area contributed by atoms with Crippen LogP contribution >= 0.6 is 0 Å². The molecule has 3 rings (SSSR count). The van der Waals surface area contributed by atoms with E-state index in [1.807, 2.05) is 0 Å². The van der Waals surface area contributed by atoms with Gasteiger partial charge in [-0.15, -0.1) is 0 Å². The first kappa shape index (κ1) is 13.3. The van der Waals surface area contributed by atoms with Gasteiger partial charge in [0.15, 0.2) is 5.52 Å². The molecule has 0 aliphatic heterocycles. The number of fused-ring (bicyclic) bond motifs is 1. The van der Waals surface area contributed by atoms with Crippen LogP contribution in [0.1, 0.15) is 12.8 Å². The Morgan fingerprint density at radius 2 is 2.10 bits per heavy atom. The highest BCUT2D eigenvalue weighted by atomic mass is 16.6. The Morgan fingerprint density at radius 1 is 1.33 bits per heavy atom. The van der Waals surface area contributed by atoms with Crippen molar-refractivity contribution in [1.82, 2.24) is 15.6 Å². The van der Waals surface area contributed by atoms with Gasteiger partial charge in [-0.05, 0) is 29.2 Å². The number of nitrogens with zero attached hydrogens (tertiary/aromatic N) is 3. The summed E-state index contributed by atoms with van der Waals surface area (Å²) in [4.78, 5) is 21.8. The molecule has 9 heteroatoms. The van der Waals surface area contributed by atoms with Crippen molar-refractivity contribution in [2.24, 2.45) is 5.92 Å². The van der Waals surface area contributed by atoms with Gasteiger partial charge in [0.2, 0.25) is 11.4 Å². The highest BCUT2D eigenvalue weighted by Gasteiger charge is 2.29. The van der Waals surface area contributed by atoms with Gasteiger partial charge in [-0.2, -0.15) is 0 Å². The Labute approximate surface area is 118 Å². The molecule has 1 aromatic heterocycles. The number of benzene rings is 1. The van der Waals surface area contributed by atoms with Crippen LogP contribution in [0.3, 0.4) is 0 Å². The van der Waals surface area contributed by atoms with Crippen LogP contribution in [-0.4, -0.2) is 34.2 Å². The Balaban J connectivity index is 1.64. The second-order valence-electron chi connectivity index (χ2n) is 4.84. The van der Waals surface area contributed by atoms with Gasteiger partial charge in [-0.1, -0.05) is 0 Å². The minimum absolute atomic E-state index is 0.0775. The van der Waals surface area contributed by atoms with E-state index >= 15 is 0 Å². The van der Waals surface area contributed by atoms with Crippen molar-refractivity contribution in [3.05, 3.63) is 22.2 Å². The Bertz CT molecular complexity index is 694. The molecule has 0 radical (unpaired) electrons. The number of carbonyl (C=O) groups excluding carboxylic acids is 1. The van der Waals surface area contributed by atoms with E-state index in [-0.39, 0.29) is 23.0 Å². The van der Waals surface area contributed by atoms with Crippen LogP contribution in [0.25, 0.3) is 11.0 Å². The summed E-state index contributed by atoms with van der Waals surface area (Å²) < 4.78 is 4.57. The van der Waals surface area contributed by atoms with Crippen molar-refractivity contribution in [2.75, 3.05) is 18.4 Å². The zero-order valence-electron chi connectivity index (χ0n) is 11.0. The molecule has 0 bridgehead atoms. The summed E-state index contributed by atoms with van der Waals surface area (Å²) in [6.45, 7) is 0.956. The van der Waals surface area contributed by atoms with Crippen molar-refractivity contribution in [2.45, 2.75) is 12.8 Å². The number of nitro groups is 1. The molecule has 110 valence electrons. The first-order valence-corrected chi connectivity index (χ1v) is 6.58. The normalized spacial score (nSPS) is 14.1. The van der Waals surface area contributed by atoms with Crippen molar-refractivity contribution >= 4 is 28.3 Å². The van der Waals surface area contributed by atoms with Crippen LogP contribution in [0.5, 0.6) is 0 Å². The number of anilines is 1. The first-order valence-electron chi connectivity index (χ1n) is 6.58. The van der Waals surface area contributed by atoms with Crippen LogP contribution in [0, 0.1) is 16.0 Å². The van der Waals surface area contributed by atoms with E-state index in [1.54, 1.807) is 6.07 Å². The fraction of sp³-hybridized carbons (Fsp3) is 0.417. The average molecular weight is 291 g/mol. The van der Waals surface area contributed by atoms with Crippen molar-refractivity contribution < 1.29 is 14.3 Å². The van der Waals surface area contributed by atoms with E-state index < -0.39 is 4.92 Å². The summed E-state index contributed by atoms with van der Waals surface area (Å²) in [6, 6.07) is 2.89. The molecule has 9 nitrogen and oxygen atoms in total. The second-order valence-corrected chi connectivity index (χ2v) is 4.84. The Hall–Kier alpha value is -2.71. The SMILES string of the molecule is O=C(NCCNc1ccc([N+](=O)[O-])c2nonc12)C1CC1. The van der Waals surface area contributed by atoms with Crippen molar-refractivity contribution in [3.63, 3.8) is 0 Å². The zero-order valence-corrected chi connectivity index (χ0v) is 11.0. The monoisotopic (exact) mass is 291 g/mol. The summed E-state index contributed by atoms with van der Waals surface area (Å²) in [5.41, 5.74) is 0.834. The summed E-state index contributed by atoms with van der Waals surface area (Å²) in [5.74, 6) is 0.254. The number of nitro benzene ring substituents is 1. The molecule has 1 heterocycles. The fourth-order valence-corrected chi connectivity index (χ4v) is 2.02. The van der Waals surface area contributed by atoms with E-state index in [9.17, 15) is 14.9 Å². The number of hydrogen-bond acceptors (Lipinski definition) is 7. The summed E-state index contributed by atoms with van der Waals surface area (Å²) in [5, 5.41) is 24.0. The van der Waals surface area contributed by atoms with E-state index in [0.29, 0.717) is 24.3 Å². The van der Waals surface area contributed by atoms with Crippen molar-refractivity contribution in [3.8, 4) is 0 Å². The first-order chi connectivity index (χ1) is 10.2. The largest absolute Gasteiger partial charge is 0.381 e. The third-order valence-electron chi connectivity index (χ3n) is 3.28. The Kier molecular flexibility index (Phi) is 3.38. The number of rotatable bonds is 6. The smallest absolute Gasteiger partial charge is 0.300 e. The van der Waals surface area contributed by atoms with Gasteiger partial charge in [0.05, 0.1) is 10.6 Å². The van der Waals surface area contributed by atoms with Gasteiger partial charge in [-0.25, -0.2) is 4.63 Å². The van der Waals surface area contributed by atoms with Gasteiger partial charge in [0.1, 0.15) is 0 Å². The van der Waals surface area contributed by atoms with Gasteiger partial charge in [0.25, 0.3) is 0 Å². The van der Waals surface area contributed by atoms with Gasteiger partial charge in [0, 0.05) is 25.1 Å². The number of amides is 1. The second kappa shape index (κ2) is 5.35. The third-order valence-corrected chi connectivity index (χ3v) is 3.28. The maximum Gasteiger partial charge on any atom is 0.300 e. The maximum atomic E-state index is 11.5.